The molecule has 1 aliphatic heterocycles. The Morgan fingerprint density at radius 2 is 1.81 bits per heavy atom. The molecule has 0 amide bonds. The maximum atomic E-state index is 11.0. The minimum Gasteiger partial charge on any atom is -0.504 e. The van der Waals surface area contributed by atoms with Crippen LogP contribution in [0.15, 0.2) is 18.2 Å². The number of phenolic OH excluding ortho intramolecular Hbond substituents is 2. The van der Waals surface area contributed by atoms with E-state index in [-0.39, 0.29) is 17.5 Å². The summed E-state index contributed by atoms with van der Waals surface area (Å²) in [5, 5.41) is 21.3. The summed E-state index contributed by atoms with van der Waals surface area (Å²) in [6, 6.07) is 5.87. The molecule has 5 heteroatoms. The lowest BCUT2D eigenvalue weighted by molar-refractivity contribution is 0.174. The molecule has 0 radical (unpaired) electrons. The van der Waals surface area contributed by atoms with Gasteiger partial charge < -0.3 is 19.7 Å². The second-order valence-corrected chi connectivity index (χ2v) is 7.96. The van der Waals surface area contributed by atoms with Crippen LogP contribution in [-0.2, 0) is 12.8 Å². The van der Waals surface area contributed by atoms with Crippen molar-refractivity contribution in [2.24, 2.45) is 5.92 Å². The predicted octanol–water partition coefficient (Wildman–Crippen LogP) is 3.65. The maximum Gasteiger partial charge on any atom is 0.166 e. The fourth-order valence-electron chi connectivity index (χ4n) is 4.80. The molecular weight excluding hydrogens is 342 g/mol. The Balaban J connectivity index is 1.73. The van der Waals surface area contributed by atoms with Crippen LogP contribution in [0.2, 0.25) is 0 Å². The Bertz CT molecular complexity index is 919. The summed E-state index contributed by atoms with van der Waals surface area (Å²) in [6.07, 6.45) is 4.45. The van der Waals surface area contributed by atoms with Crippen LogP contribution in [0.4, 0.5) is 0 Å². The van der Waals surface area contributed by atoms with Gasteiger partial charge in [-0.2, -0.15) is 0 Å². The van der Waals surface area contributed by atoms with Crippen molar-refractivity contribution in [2.45, 2.75) is 31.7 Å². The quantitative estimate of drug-likeness (QED) is 0.864. The molecule has 2 aliphatic carbocycles. The van der Waals surface area contributed by atoms with E-state index in [1.807, 2.05) is 12.1 Å². The van der Waals surface area contributed by atoms with Crippen LogP contribution in [0.5, 0.6) is 23.0 Å². The Morgan fingerprint density at radius 3 is 2.52 bits per heavy atom. The zero-order valence-electron chi connectivity index (χ0n) is 15.8. The van der Waals surface area contributed by atoms with Crippen LogP contribution in [-0.4, -0.2) is 42.4 Å². The Hall–Kier alpha value is -2.40. The SMILES string of the molecule is COc1cc2c(cc1O)CC1c3c(cc(OC)c(O)c3-2)CCN1CC1CC1. The first-order valence-corrected chi connectivity index (χ1v) is 9.67. The molecule has 1 unspecified atom stereocenters. The molecule has 1 fully saturated rings. The van der Waals surface area contributed by atoms with Crippen molar-refractivity contribution in [2.75, 3.05) is 27.3 Å². The number of hydrogen-bond donors (Lipinski definition) is 2. The molecule has 0 aromatic heterocycles. The molecule has 3 aliphatic rings. The van der Waals surface area contributed by atoms with Crippen molar-refractivity contribution >= 4 is 0 Å². The van der Waals surface area contributed by atoms with E-state index in [1.54, 1.807) is 20.3 Å². The number of fused-ring (bicyclic) bond motifs is 2. The van der Waals surface area contributed by atoms with Gasteiger partial charge in [-0.05, 0) is 72.1 Å². The summed E-state index contributed by atoms with van der Waals surface area (Å²) in [7, 11) is 3.14. The fourth-order valence-corrected chi connectivity index (χ4v) is 4.80. The van der Waals surface area contributed by atoms with Gasteiger partial charge in [-0.1, -0.05) is 0 Å². The molecular formula is C22H25NO4. The summed E-state index contributed by atoms with van der Waals surface area (Å²) in [4.78, 5) is 2.57. The molecule has 2 aromatic carbocycles. The number of phenols is 2. The normalized spacial score (nSPS) is 20.7. The molecule has 0 bridgehead atoms. The van der Waals surface area contributed by atoms with E-state index in [2.05, 4.69) is 4.90 Å². The van der Waals surface area contributed by atoms with Crippen molar-refractivity contribution in [3.63, 3.8) is 0 Å². The summed E-state index contributed by atoms with van der Waals surface area (Å²) >= 11 is 0. The topological polar surface area (TPSA) is 62.2 Å². The highest BCUT2D eigenvalue weighted by atomic mass is 16.5. The van der Waals surface area contributed by atoms with Gasteiger partial charge in [0, 0.05) is 24.7 Å². The number of nitrogens with zero attached hydrogens (tertiary/aromatic N) is 1. The highest BCUT2D eigenvalue weighted by molar-refractivity contribution is 5.84. The van der Waals surface area contributed by atoms with E-state index in [9.17, 15) is 10.2 Å². The van der Waals surface area contributed by atoms with Crippen LogP contribution in [0, 0.1) is 5.92 Å². The Kier molecular flexibility index (Phi) is 3.76. The lowest BCUT2D eigenvalue weighted by Crippen LogP contribution is -2.39. The van der Waals surface area contributed by atoms with Crippen molar-refractivity contribution in [3.05, 3.63) is 34.9 Å². The van der Waals surface area contributed by atoms with Gasteiger partial charge >= 0.3 is 0 Å². The van der Waals surface area contributed by atoms with Gasteiger partial charge in [-0.15, -0.1) is 0 Å². The van der Waals surface area contributed by atoms with Gasteiger partial charge in [0.15, 0.2) is 23.0 Å². The van der Waals surface area contributed by atoms with Crippen LogP contribution in [0.3, 0.4) is 0 Å². The predicted molar refractivity (Wildman–Crippen MR) is 103 cm³/mol. The summed E-state index contributed by atoms with van der Waals surface area (Å²) in [6.45, 7) is 2.15. The highest BCUT2D eigenvalue weighted by Gasteiger charge is 2.39. The van der Waals surface area contributed by atoms with E-state index in [4.69, 9.17) is 9.47 Å². The molecule has 1 atom stereocenters. The smallest absolute Gasteiger partial charge is 0.166 e. The average Bonchev–Trinajstić information content (AvgIpc) is 3.48. The molecule has 5 nitrogen and oxygen atoms in total. The number of ether oxygens (including phenoxy) is 2. The number of aromatic hydroxyl groups is 2. The van der Waals surface area contributed by atoms with Crippen LogP contribution in [0.1, 0.15) is 35.6 Å². The molecule has 142 valence electrons. The molecule has 27 heavy (non-hydrogen) atoms. The largest absolute Gasteiger partial charge is 0.504 e. The molecule has 0 spiro atoms. The fraction of sp³-hybridized carbons (Fsp3) is 0.455. The lowest BCUT2D eigenvalue weighted by Gasteiger charge is -2.42. The van der Waals surface area contributed by atoms with Gasteiger partial charge in [0.1, 0.15) is 0 Å². The number of methoxy groups -OCH3 is 2. The second kappa shape index (κ2) is 6.06. The highest BCUT2D eigenvalue weighted by Crippen LogP contribution is 2.54. The summed E-state index contributed by atoms with van der Waals surface area (Å²) in [5.74, 6) is 2.08. The lowest BCUT2D eigenvalue weighted by atomic mass is 9.76. The van der Waals surface area contributed by atoms with E-state index >= 15 is 0 Å². The standard InChI is InChI=1S/C22H25NO4/c1-26-18-10-15-14(8-17(18)24)7-16-20-13(5-6-23(16)11-12-3-4-12)9-19(27-2)22(25)21(15)20/h8-10,12,16,24-25H,3-7,11H2,1-2H3. The number of rotatable bonds is 4. The maximum absolute atomic E-state index is 11.0. The summed E-state index contributed by atoms with van der Waals surface area (Å²) in [5.41, 5.74) is 5.30. The van der Waals surface area contributed by atoms with Gasteiger partial charge in [-0.3, -0.25) is 4.90 Å². The van der Waals surface area contributed by atoms with Crippen molar-refractivity contribution in [3.8, 4) is 34.1 Å². The van der Waals surface area contributed by atoms with Crippen molar-refractivity contribution < 1.29 is 19.7 Å². The molecule has 1 saturated carbocycles. The van der Waals surface area contributed by atoms with Gasteiger partial charge in [0.2, 0.25) is 0 Å². The molecule has 0 saturated heterocycles. The summed E-state index contributed by atoms with van der Waals surface area (Å²) < 4.78 is 10.8. The van der Waals surface area contributed by atoms with Crippen molar-refractivity contribution in [1.29, 1.82) is 0 Å². The zero-order valence-corrected chi connectivity index (χ0v) is 15.8. The number of hydrogen-bond acceptors (Lipinski definition) is 5. The first-order chi connectivity index (χ1) is 13.1. The van der Waals surface area contributed by atoms with Gasteiger partial charge in [-0.25, -0.2) is 0 Å². The van der Waals surface area contributed by atoms with Gasteiger partial charge in [0.05, 0.1) is 14.2 Å². The molecule has 5 rings (SSSR count). The minimum atomic E-state index is 0.145. The molecule has 2 aromatic rings. The average molecular weight is 367 g/mol. The van der Waals surface area contributed by atoms with E-state index < -0.39 is 0 Å². The van der Waals surface area contributed by atoms with Crippen LogP contribution in [0.25, 0.3) is 11.1 Å². The van der Waals surface area contributed by atoms with Crippen LogP contribution < -0.4 is 9.47 Å². The van der Waals surface area contributed by atoms with E-state index in [0.29, 0.717) is 11.5 Å². The van der Waals surface area contributed by atoms with E-state index in [1.165, 1.54) is 24.0 Å². The Morgan fingerprint density at radius 1 is 1.04 bits per heavy atom. The van der Waals surface area contributed by atoms with Crippen LogP contribution >= 0.6 is 0 Å². The van der Waals surface area contributed by atoms with E-state index in [0.717, 1.165) is 48.5 Å². The molecule has 2 N–H and O–H groups in total. The number of benzene rings is 2. The zero-order chi connectivity index (χ0) is 18.7. The van der Waals surface area contributed by atoms with Crippen molar-refractivity contribution in [1.82, 2.24) is 4.90 Å². The first kappa shape index (κ1) is 16.8. The monoisotopic (exact) mass is 367 g/mol. The first-order valence-electron chi connectivity index (χ1n) is 9.67. The third-order valence-electron chi connectivity index (χ3n) is 6.33. The van der Waals surface area contributed by atoms with Gasteiger partial charge in [0.25, 0.3) is 0 Å². The minimum absolute atomic E-state index is 0.145. The third kappa shape index (κ3) is 2.56. The second-order valence-electron chi connectivity index (χ2n) is 7.96. The Labute approximate surface area is 159 Å². The third-order valence-corrected chi connectivity index (χ3v) is 6.33. The molecule has 1 heterocycles.